The fourth-order valence-electron chi connectivity index (χ4n) is 2.54. The molecule has 3 aromatic rings. The van der Waals surface area contributed by atoms with Crippen LogP contribution in [0.25, 0.3) is 10.8 Å². The molecule has 0 fully saturated rings. The summed E-state index contributed by atoms with van der Waals surface area (Å²) in [7, 11) is 0. The van der Waals surface area contributed by atoms with E-state index in [9.17, 15) is 14.7 Å². The summed E-state index contributed by atoms with van der Waals surface area (Å²) in [4.78, 5) is 23.9. The summed E-state index contributed by atoms with van der Waals surface area (Å²) in [6.45, 7) is 1.84. The second-order valence-corrected chi connectivity index (χ2v) is 5.32. The van der Waals surface area contributed by atoms with E-state index in [0.717, 1.165) is 16.3 Å². The molecule has 3 rings (SSSR count). The number of carboxylic acid groups (broad SMARTS) is 1. The maximum atomic E-state index is 12.4. The highest BCUT2D eigenvalue weighted by molar-refractivity contribution is 6.10. The third-order valence-corrected chi connectivity index (χ3v) is 3.75. The van der Waals surface area contributed by atoms with Gasteiger partial charge in [0.15, 0.2) is 0 Å². The number of anilines is 1. The Kier molecular flexibility index (Phi) is 3.81. The van der Waals surface area contributed by atoms with Gasteiger partial charge in [-0.1, -0.05) is 42.5 Å². The summed E-state index contributed by atoms with van der Waals surface area (Å²) in [5.74, 6) is -1.39. The van der Waals surface area contributed by atoms with Gasteiger partial charge in [-0.2, -0.15) is 0 Å². The molecule has 0 spiro atoms. The Bertz CT molecular complexity index is 915. The monoisotopic (exact) mass is 305 g/mol. The Morgan fingerprint density at radius 1 is 0.870 bits per heavy atom. The molecule has 0 aliphatic carbocycles. The van der Waals surface area contributed by atoms with E-state index in [1.807, 2.05) is 43.3 Å². The first-order chi connectivity index (χ1) is 11.1. The van der Waals surface area contributed by atoms with Crippen LogP contribution in [0.15, 0.2) is 60.7 Å². The van der Waals surface area contributed by atoms with Gasteiger partial charge in [0.05, 0.1) is 11.3 Å². The molecule has 0 bridgehead atoms. The van der Waals surface area contributed by atoms with Gasteiger partial charge in [0.2, 0.25) is 0 Å². The zero-order chi connectivity index (χ0) is 16.4. The molecule has 3 aromatic carbocycles. The van der Waals surface area contributed by atoms with Crippen molar-refractivity contribution < 1.29 is 14.7 Å². The van der Waals surface area contributed by atoms with Crippen molar-refractivity contribution in [3.8, 4) is 0 Å². The quantitative estimate of drug-likeness (QED) is 0.765. The van der Waals surface area contributed by atoms with Gasteiger partial charge < -0.3 is 10.4 Å². The predicted molar refractivity (Wildman–Crippen MR) is 90.0 cm³/mol. The highest BCUT2D eigenvalue weighted by atomic mass is 16.4. The van der Waals surface area contributed by atoms with Crippen LogP contribution in [0, 0.1) is 6.92 Å². The van der Waals surface area contributed by atoms with Gasteiger partial charge >= 0.3 is 5.97 Å². The lowest BCUT2D eigenvalue weighted by atomic mass is 10.0. The molecule has 23 heavy (non-hydrogen) atoms. The molecule has 114 valence electrons. The van der Waals surface area contributed by atoms with E-state index in [1.54, 1.807) is 24.3 Å². The van der Waals surface area contributed by atoms with E-state index in [2.05, 4.69) is 5.32 Å². The van der Waals surface area contributed by atoms with Gasteiger partial charge in [0.25, 0.3) is 5.91 Å². The Morgan fingerprint density at radius 3 is 2.13 bits per heavy atom. The van der Waals surface area contributed by atoms with Gasteiger partial charge in [-0.25, -0.2) is 4.79 Å². The Morgan fingerprint density at radius 2 is 1.48 bits per heavy atom. The summed E-state index contributed by atoms with van der Waals surface area (Å²) >= 11 is 0. The number of carbonyl (C=O) groups excluding carboxylic acids is 1. The van der Waals surface area contributed by atoms with Gasteiger partial charge in [-0.05, 0) is 41.5 Å². The maximum absolute atomic E-state index is 12.4. The highest BCUT2D eigenvalue weighted by Gasteiger charge is 2.15. The number of hydrogen-bond acceptors (Lipinski definition) is 2. The van der Waals surface area contributed by atoms with Crippen LogP contribution in [-0.4, -0.2) is 17.0 Å². The molecule has 4 nitrogen and oxygen atoms in total. The van der Waals surface area contributed by atoms with E-state index >= 15 is 0 Å². The average molecular weight is 305 g/mol. The van der Waals surface area contributed by atoms with Crippen molar-refractivity contribution in [3.05, 3.63) is 77.4 Å². The van der Waals surface area contributed by atoms with E-state index in [4.69, 9.17) is 0 Å². The number of fused-ring (bicyclic) bond motifs is 1. The summed E-state index contributed by atoms with van der Waals surface area (Å²) in [6.07, 6.45) is 0. The lowest BCUT2D eigenvalue weighted by Crippen LogP contribution is -2.16. The smallest absolute Gasteiger partial charge is 0.337 e. The molecule has 0 heterocycles. The highest BCUT2D eigenvalue weighted by Crippen LogP contribution is 2.25. The van der Waals surface area contributed by atoms with E-state index < -0.39 is 5.97 Å². The molecule has 4 heteroatoms. The number of benzene rings is 3. The van der Waals surface area contributed by atoms with Crippen molar-refractivity contribution in [2.45, 2.75) is 6.92 Å². The normalized spacial score (nSPS) is 10.5. The lowest BCUT2D eigenvalue weighted by molar-refractivity contribution is 0.0698. The van der Waals surface area contributed by atoms with Crippen LogP contribution >= 0.6 is 0 Å². The number of hydrogen-bond donors (Lipinski definition) is 2. The summed E-state index contributed by atoms with van der Waals surface area (Å²) in [5.41, 5.74) is 1.73. The molecule has 0 atom stereocenters. The van der Waals surface area contributed by atoms with Crippen LogP contribution in [-0.2, 0) is 0 Å². The Hall–Kier alpha value is -3.14. The van der Waals surface area contributed by atoms with E-state index in [-0.39, 0.29) is 11.5 Å². The van der Waals surface area contributed by atoms with Crippen LogP contribution in [0.2, 0.25) is 0 Å². The number of nitrogens with one attached hydrogen (secondary N) is 1. The molecule has 0 saturated heterocycles. The molecule has 0 saturated carbocycles. The molecule has 2 N–H and O–H groups in total. The molecular formula is C19H15NO3. The third-order valence-electron chi connectivity index (χ3n) is 3.75. The van der Waals surface area contributed by atoms with Gasteiger partial charge in [0, 0.05) is 5.56 Å². The van der Waals surface area contributed by atoms with Crippen molar-refractivity contribution in [1.29, 1.82) is 0 Å². The van der Waals surface area contributed by atoms with Crippen molar-refractivity contribution in [1.82, 2.24) is 0 Å². The first-order valence-electron chi connectivity index (χ1n) is 7.19. The Labute approximate surface area is 133 Å². The first-order valence-corrected chi connectivity index (χ1v) is 7.19. The SMILES string of the molecule is Cc1ccccc1C(=O)Nc1cc2ccccc2cc1C(=O)O. The largest absolute Gasteiger partial charge is 0.478 e. The molecular weight excluding hydrogens is 290 g/mol. The Balaban J connectivity index is 2.05. The molecule has 0 aliphatic heterocycles. The predicted octanol–water partition coefficient (Wildman–Crippen LogP) is 4.10. The minimum Gasteiger partial charge on any atom is -0.478 e. The van der Waals surface area contributed by atoms with Crippen molar-refractivity contribution in [2.24, 2.45) is 0 Å². The maximum Gasteiger partial charge on any atom is 0.337 e. The second kappa shape index (κ2) is 5.93. The topological polar surface area (TPSA) is 66.4 Å². The molecule has 0 radical (unpaired) electrons. The molecule has 0 unspecified atom stereocenters. The summed E-state index contributed by atoms with van der Waals surface area (Å²) in [6, 6.07) is 17.9. The lowest BCUT2D eigenvalue weighted by Gasteiger charge is -2.11. The van der Waals surface area contributed by atoms with Crippen molar-refractivity contribution >= 4 is 28.3 Å². The zero-order valence-corrected chi connectivity index (χ0v) is 12.5. The first kappa shape index (κ1) is 14.8. The number of carbonyl (C=O) groups is 2. The van der Waals surface area contributed by atoms with Crippen LogP contribution in [0.4, 0.5) is 5.69 Å². The van der Waals surface area contributed by atoms with E-state index in [0.29, 0.717) is 11.3 Å². The molecule has 1 amide bonds. The van der Waals surface area contributed by atoms with Gasteiger partial charge in [-0.15, -0.1) is 0 Å². The number of amides is 1. The fourth-order valence-corrected chi connectivity index (χ4v) is 2.54. The standard InChI is InChI=1S/C19H15NO3/c1-12-6-2-5-9-15(12)18(21)20-17-11-14-8-4-3-7-13(14)10-16(17)19(22)23/h2-11H,1H3,(H,20,21)(H,22,23). The number of aryl methyl sites for hydroxylation is 1. The summed E-state index contributed by atoms with van der Waals surface area (Å²) in [5, 5.41) is 13.8. The minimum absolute atomic E-state index is 0.0747. The second-order valence-electron chi connectivity index (χ2n) is 5.32. The van der Waals surface area contributed by atoms with Crippen molar-refractivity contribution in [2.75, 3.05) is 5.32 Å². The third kappa shape index (κ3) is 2.92. The van der Waals surface area contributed by atoms with Crippen LogP contribution in [0.3, 0.4) is 0 Å². The minimum atomic E-state index is -1.07. The number of aromatic carboxylic acids is 1. The zero-order valence-electron chi connectivity index (χ0n) is 12.5. The van der Waals surface area contributed by atoms with Crippen LogP contribution in [0.5, 0.6) is 0 Å². The van der Waals surface area contributed by atoms with E-state index in [1.165, 1.54) is 0 Å². The molecule has 0 aromatic heterocycles. The molecule has 0 aliphatic rings. The van der Waals surface area contributed by atoms with Crippen LogP contribution < -0.4 is 5.32 Å². The summed E-state index contributed by atoms with van der Waals surface area (Å²) < 4.78 is 0. The van der Waals surface area contributed by atoms with Crippen molar-refractivity contribution in [3.63, 3.8) is 0 Å². The van der Waals surface area contributed by atoms with Gasteiger partial charge in [-0.3, -0.25) is 4.79 Å². The van der Waals surface area contributed by atoms with Crippen LogP contribution in [0.1, 0.15) is 26.3 Å². The number of carboxylic acids is 1. The number of rotatable bonds is 3. The van der Waals surface area contributed by atoms with Gasteiger partial charge in [0.1, 0.15) is 0 Å². The fraction of sp³-hybridized carbons (Fsp3) is 0.0526. The average Bonchev–Trinajstić information content (AvgIpc) is 2.54.